The summed E-state index contributed by atoms with van der Waals surface area (Å²) in [6.07, 6.45) is 5.63. The van der Waals surface area contributed by atoms with Gasteiger partial charge >= 0.3 is 0 Å². The molecule has 26 heavy (non-hydrogen) atoms. The van der Waals surface area contributed by atoms with Crippen LogP contribution in [0.1, 0.15) is 31.2 Å². The van der Waals surface area contributed by atoms with Crippen molar-refractivity contribution in [1.29, 1.82) is 0 Å². The highest BCUT2D eigenvalue weighted by molar-refractivity contribution is 5.98. The lowest BCUT2D eigenvalue weighted by Crippen LogP contribution is -2.46. The first-order valence-corrected chi connectivity index (χ1v) is 9.68. The number of nitrogens with zero attached hydrogens (tertiary/aromatic N) is 2. The van der Waals surface area contributed by atoms with Crippen LogP contribution >= 0.6 is 0 Å². The van der Waals surface area contributed by atoms with E-state index >= 15 is 0 Å². The van der Waals surface area contributed by atoms with Crippen LogP contribution in [0.25, 0.3) is 0 Å². The van der Waals surface area contributed by atoms with Gasteiger partial charge in [-0.2, -0.15) is 0 Å². The number of nitrogens with one attached hydrogen (secondary N) is 2. The Bertz CT molecular complexity index is 628. The molecule has 1 aliphatic heterocycles. The summed E-state index contributed by atoms with van der Waals surface area (Å²) in [7, 11) is 1.72. The smallest absolute Gasteiger partial charge is 0.246 e. The standard InChI is InChI=1S/C20H30N4O2/c1-21-20(22-11-5-13-26-15-16-9-10-16)23-14-19(25)24-12-4-7-17-6-2-3-8-18(17)24/h2-3,6,8,16H,4-5,7,9-15H2,1H3,(H2,21,22,23). The number of para-hydroxylation sites is 1. The van der Waals surface area contributed by atoms with Crippen molar-refractivity contribution < 1.29 is 9.53 Å². The van der Waals surface area contributed by atoms with Gasteiger partial charge in [0.2, 0.25) is 5.91 Å². The highest BCUT2D eigenvalue weighted by Gasteiger charge is 2.22. The molecule has 1 saturated carbocycles. The average Bonchev–Trinajstić information content (AvgIpc) is 3.50. The molecule has 3 rings (SSSR count). The number of carbonyl (C=O) groups excluding carboxylic acids is 1. The highest BCUT2D eigenvalue weighted by Crippen LogP contribution is 2.28. The van der Waals surface area contributed by atoms with Gasteiger partial charge in [-0.3, -0.25) is 9.79 Å². The van der Waals surface area contributed by atoms with Crippen LogP contribution in [-0.2, 0) is 16.0 Å². The molecule has 0 aromatic heterocycles. The molecular weight excluding hydrogens is 328 g/mol. The van der Waals surface area contributed by atoms with E-state index in [1.54, 1.807) is 7.05 Å². The van der Waals surface area contributed by atoms with Crippen molar-refractivity contribution in [2.45, 2.75) is 32.1 Å². The van der Waals surface area contributed by atoms with E-state index in [-0.39, 0.29) is 12.5 Å². The van der Waals surface area contributed by atoms with Crippen molar-refractivity contribution in [3.8, 4) is 0 Å². The van der Waals surface area contributed by atoms with Gasteiger partial charge in [-0.25, -0.2) is 0 Å². The Kier molecular flexibility index (Phi) is 6.89. The average molecular weight is 358 g/mol. The molecule has 6 heteroatoms. The second-order valence-corrected chi connectivity index (χ2v) is 7.00. The van der Waals surface area contributed by atoms with Gasteiger partial charge in [-0.15, -0.1) is 0 Å². The van der Waals surface area contributed by atoms with Crippen LogP contribution in [0.4, 0.5) is 5.69 Å². The zero-order valence-corrected chi connectivity index (χ0v) is 15.7. The normalized spacial score (nSPS) is 17.0. The minimum Gasteiger partial charge on any atom is -0.381 e. The maximum absolute atomic E-state index is 12.6. The summed E-state index contributed by atoms with van der Waals surface area (Å²) in [5, 5.41) is 6.36. The monoisotopic (exact) mass is 358 g/mol. The van der Waals surface area contributed by atoms with Crippen molar-refractivity contribution >= 4 is 17.6 Å². The zero-order valence-electron chi connectivity index (χ0n) is 15.7. The molecule has 0 bridgehead atoms. The highest BCUT2D eigenvalue weighted by atomic mass is 16.5. The molecule has 1 heterocycles. The first-order chi connectivity index (χ1) is 12.8. The molecule has 142 valence electrons. The van der Waals surface area contributed by atoms with Crippen molar-refractivity contribution in [1.82, 2.24) is 10.6 Å². The summed E-state index contributed by atoms with van der Waals surface area (Å²) in [6.45, 7) is 3.47. The molecule has 6 nitrogen and oxygen atoms in total. The molecule has 0 saturated heterocycles. The van der Waals surface area contributed by atoms with Crippen LogP contribution in [0.15, 0.2) is 29.3 Å². The van der Waals surface area contributed by atoms with Gasteiger partial charge in [0.05, 0.1) is 6.54 Å². The summed E-state index contributed by atoms with van der Waals surface area (Å²) in [6, 6.07) is 8.16. The van der Waals surface area contributed by atoms with Gasteiger partial charge in [0.15, 0.2) is 5.96 Å². The third kappa shape index (κ3) is 5.46. The van der Waals surface area contributed by atoms with Gasteiger partial charge in [0.1, 0.15) is 0 Å². The summed E-state index contributed by atoms with van der Waals surface area (Å²) >= 11 is 0. The second-order valence-electron chi connectivity index (χ2n) is 7.00. The summed E-state index contributed by atoms with van der Waals surface area (Å²) in [5.74, 6) is 1.54. The van der Waals surface area contributed by atoms with E-state index in [4.69, 9.17) is 4.74 Å². The Labute approximate surface area is 156 Å². The third-order valence-corrected chi connectivity index (χ3v) is 4.85. The van der Waals surface area contributed by atoms with Gasteiger partial charge < -0.3 is 20.3 Å². The Morgan fingerprint density at radius 2 is 2.15 bits per heavy atom. The van der Waals surface area contributed by atoms with Crippen molar-refractivity contribution in [2.75, 3.05) is 44.8 Å². The molecule has 2 N–H and O–H groups in total. The number of aliphatic imine (C=N–C) groups is 1. The third-order valence-electron chi connectivity index (χ3n) is 4.85. The maximum Gasteiger partial charge on any atom is 0.246 e. The number of hydrogen-bond donors (Lipinski definition) is 2. The number of carbonyl (C=O) groups is 1. The Morgan fingerprint density at radius 3 is 2.96 bits per heavy atom. The lowest BCUT2D eigenvalue weighted by molar-refractivity contribution is -0.117. The van der Waals surface area contributed by atoms with Crippen LogP contribution < -0.4 is 15.5 Å². The summed E-state index contributed by atoms with van der Waals surface area (Å²) in [5.41, 5.74) is 2.29. The summed E-state index contributed by atoms with van der Waals surface area (Å²) < 4.78 is 5.62. The van der Waals surface area contributed by atoms with Crippen LogP contribution in [0.5, 0.6) is 0 Å². The Balaban J connectivity index is 1.37. The summed E-state index contributed by atoms with van der Waals surface area (Å²) in [4.78, 5) is 18.7. The number of fused-ring (bicyclic) bond motifs is 1. The minimum absolute atomic E-state index is 0.0767. The molecule has 0 radical (unpaired) electrons. The lowest BCUT2D eigenvalue weighted by Gasteiger charge is -2.29. The maximum atomic E-state index is 12.6. The lowest BCUT2D eigenvalue weighted by atomic mass is 10.0. The van der Waals surface area contributed by atoms with Gasteiger partial charge in [0.25, 0.3) is 0 Å². The van der Waals surface area contributed by atoms with E-state index in [2.05, 4.69) is 21.7 Å². The number of hydrogen-bond acceptors (Lipinski definition) is 3. The van der Waals surface area contributed by atoms with Gasteiger partial charge in [0, 0.05) is 39.0 Å². The number of amides is 1. The van der Waals surface area contributed by atoms with E-state index in [0.717, 1.165) is 57.2 Å². The first-order valence-electron chi connectivity index (χ1n) is 9.68. The van der Waals surface area contributed by atoms with E-state index in [1.807, 2.05) is 23.1 Å². The topological polar surface area (TPSA) is 66.0 Å². The van der Waals surface area contributed by atoms with Crippen molar-refractivity contribution in [2.24, 2.45) is 10.9 Å². The van der Waals surface area contributed by atoms with Gasteiger partial charge in [-0.1, -0.05) is 18.2 Å². The van der Waals surface area contributed by atoms with Crippen LogP contribution in [0.3, 0.4) is 0 Å². The second kappa shape index (κ2) is 9.57. The molecule has 2 aliphatic rings. The molecule has 1 aromatic rings. The van der Waals surface area contributed by atoms with E-state index in [1.165, 1.54) is 18.4 Å². The minimum atomic E-state index is 0.0767. The Morgan fingerprint density at radius 1 is 1.31 bits per heavy atom. The van der Waals surface area contributed by atoms with E-state index in [0.29, 0.717) is 5.96 Å². The number of guanidine groups is 1. The Hall–Kier alpha value is -2.08. The van der Waals surface area contributed by atoms with Crippen molar-refractivity contribution in [3.05, 3.63) is 29.8 Å². The predicted octanol–water partition coefficient (Wildman–Crippen LogP) is 1.95. The number of anilines is 1. The molecular formula is C20H30N4O2. The fraction of sp³-hybridized carbons (Fsp3) is 0.600. The molecule has 0 spiro atoms. The molecule has 0 atom stereocenters. The first kappa shape index (κ1) is 18.7. The molecule has 1 aliphatic carbocycles. The number of benzene rings is 1. The predicted molar refractivity (Wildman–Crippen MR) is 105 cm³/mol. The zero-order chi connectivity index (χ0) is 18.2. The number of aryl methyl sites for hydroxylation is 1. The van der Waals surface area contributed by atoms with E-state index < -0.39 is 0 Å². The molecule has 0 unspecified atom stereocenters. The van der Waals surface area contributed by atoms with Crippen molar-refractivity contribution in [3.63, 3.8) is 0 Å². The largest absolute Gasteiger partial charge is 0.381 e. The molecule has 1 fully saturated rings. The van der Waals surface area contributed by atoms with Gasteiger partial charge in [-0.05, 0) is 49.7 Å². The fourth-order valence-corrected chi connectivity index (χ4v) is 3.18. The number of rotatable bonds is 8. The molecule has 1 aromatic carbocycles. The number of ether oxygens (including phenoxy) is 1. The van der Waals surface area contributed by atoms with Crippen LogP contribution in [0.2, 0.25) is 0 Å². The van der Waals surface area contributed by atoms with E-state index in [9.17, 15) is 4.79 Å². The molecule has 1 amide bonds. The SMILES string of the molecule is CN=C(NCCCOCC1CC1)NCC(=O)N1CCCc2ccccc21. The van der Waals surface area contributed by atoms with Crippen LogP contribution in [-0.4, -0.2) is 51.8 Å². The van der Waals surface area contributed by atoms with Crippen LogP contribution in [0, 0.1) is 5.92 Å². The fourth-order valence-electron chi connectivity index (χ4n) is 3.18. The quantitative estimate of drug-likeness (QED) is 0.423.